The van der Waals surface area contributed by atoms with Crippen molar-refractivity contribution >= 4 is 18.1 Å². The molecule has 212 valence electrons. The van der Waals surface area contributed by atoms with Gasteiger partial charge in [-0.15, -0.1) is 0 Å². The second-order valence-corrected chi connectivity index (χ2v) is 13.7. The third kappa shape index (κ3) is 4.64. The molecule has 11 heteroatoms. The molecule has 0 radical (unpaired) electrons. The number of hydrogen-bond acceptors (Lipinski definition) is 6. The molecule has 1 aliphatic rings. The van der Waals surface area contributed by atoms with Crippen LogP contribution in [0.2, 0.25) is 0 Å². The summed E-state index contributed by atoms with van der Waals surface area (Å²) in [5.74, 6) is 0.365. The number of fused-ring (bicyclic) bond motifs is 1. The summed E-state index contributed by atoms with van der Waals surface area (Å²) in [5.41, 5.74) is 4.53. The van der Waals surface area contributed by atoms with E-state index in [1.807, 2.05) is 19.9 Å². The molecule has 0 saturated heterocycles. The monoisotopic (exact) mass is 566 g/mol. The SMILES string of the molecule is CCP(=O)(CCO)c1ccc(-n2ccn(-c3c4c(nn3-c3cc(C)c(F)c(C)c3)CCN[C@H]4C)c2=O)cc1NC. The van der Waals surface area contributed by atoms with E-state index in [0.29, 0.717) is 51.9 Å². The average molecular weight is 567 g/mol. The van der Waals surface area contributed by atoms with Crippen LogP contribution in [0, 0.1) is 19.7 Å². The first-order chi connectivity index (χ1) is 19.1. The number of aromatic nitrogens is 4. The topological polar surface area (TPSA) is 106 Å². The number of rotatable bonds is 8. The molecule has 40 heavy (non-hydrogen) atoms. The Hall–Kier alpha value is -3.46. The zero-order valence-electron chi connectivity index (χ0n) is 23.5. The third-order valence-electron chi connectivity index (χ3n) is 7.83. The van der Waals surface area contributed by atoms with Crippen LogP contribution in [-0.4, -0.2) is 56.5 Å². The minimum absolute atomic E-state index is 0.0321. The molecule has 9 nitrogen and oxygen atoms in total. The first kappa shape index (κ1) is 28.1. The molecule has 2 aromatic carbocycles. The van der Waals surface area contributed by atoms with Crippen molar-refractivity contribution in [2.75, 3.05) is 37.8 Å². The second-order valence-electron chi connectivity index (χ2n) is 10.3. The van der Waals surface area contributed by atoms with Crippen LogP contribution in [0.3, 0.4) is 0 Å². The minimum atomic E-state index is -2.79. The van der Waals surface area contributed by atoms with Crippen LogP contribution >= 0.6 is 7.14 Å². The van der Waals surface area contributed by atoms with Gasteiger partial charge in [-0.1, -0.05) is 6.92 Å². The Morgan fingerprint density at radius 2 is 1.85 bits per heavy atom. The molecule has 3 heterocycles. The Morgan fingerprint density at radius 1 is 1.15 bits per heavy atom. The number of nitrogens with zero attached hydrogens (tertiary/aromatic N) is 4. The lowest BCUT2D eigenvalue weighted by Crippen LogP contribution is -2.30. The van der Waals surface area contributed by atoms with Gasteiger partial charge in [0.15, 0.2) is 0 Å². The Kier molecular flexibility index (Phi) is 7.61. The summed E-state index contributed by atoms with van der Waals surface area (Å²) in [6.07, 6.45) is 4.78. The number of hydrogen-bond donors (Lipinski definition) is 3. The Labute approximate surface area is 233 Å². The van der Waals surface area contributed by atoms with Crippen molar-refractivity contribution in [1.82, 2.24) is 24.2 Å². The van der Waals surface area contributed by atoms with Crippen LogP contribution in [0.5, 0.6) is 0 Å². The molecule has 2 aromatic heterocycles. The summed E-state index contributed by atoms with van der Waals surface area (Å²) in [6, 6.07) is 8.85. The van der Waals surface area contributed by atoms with E-state index in [2.05, 4.69) is 10.6 Å². The smallest absolute Gasteiger partial charge is 0.338 e. The van der Waals surface area contributed by atoms with E-state index in [1.54, 1.807) is 71.4 Å². The molecule has 1 unspecified atom stereocenters. The molecule has 2 atom stereocenters. The highest BCUT2D eigenvalue weighted by Gasteiger charge is 2.29. The maximum absolute atomic E-state index is 14.5. The molecule has 4 aromatic rings. The van der Waals surface area contributed by atoms with E-state index in [9.17, 15) is 18.9 Å². The predicted molar refractivity (Wildman–Crippen MR) is 157 cm³/mol. The van der Waals surface area contributed by atoms with Gasteiger partial charge in [-0.3, -0.25) is 9.13 Å². The maximum atomic E-state index is 14.5. The van der Waals surface area contributed by atoms with Crippen molar-refractivity contribution < 1.29 is 14.1 Å². The van der Waals surface area contributed by atoms with Crippen LogP contribution in [-0.2, 0) is 11.0 Å². The molecular weight excluding hydrogens is 530 g/mol. The van der Waals surface area contributed by atoms with Crippen molar-refractivity contribution in [2.24, 2.45) is 0 Å². The van der Waals surface area contributed by atoms with E-state index < -0.39 is 7.14 Å². The number of aryl methyl sites for hydroxylation is 2. The van der Waals surface area contributed by atoms with E-state index in [4.69, 9.17) is 5.10 Å². The summed E-state index contributed by atoms with van der Waals surface area (Å²) in [6.45, 7) is 7.98. The van der Waals surface area contributed by atoms with Gasteiger partial charge in [0, 0.05) is 67.3 Å². The molecule has 5 rings (SSSR count). The minimum Gasteiger partial charge on any atom is -0.396 e. The molecule has 0 bridgehead atoms. The van der Waals surface area contributed by atoms with Gasteiger partial charge < -0.3 is 20.3 Å². The highest BCUT2D eigenvalue weighted by atomic mass is 31.2. The van der Waals surface area contributed by atoms with Gasteiger partial charge in [0.1, 0.15) is 18.8 Å². The number of benzene rings is 2. The highest BCUT2D eigenvalue weighted by molar-refractivity contribution is 7.71. The van der Waals surface area contributed by atoms with Gasteiger partial charge in [0.25, 0.3) is 0 Å². The summed E-state index contributed by atoms with van der Waals surface area (Å²) in [4.78, 5) is 14.0. The molecule has 0 amide bonds. The zero-order valence-corrected chi connectivity index (χ0v) is 24.4. The molecule has 0 saturated carbocycles. The Morgan fingerprint density at radius 3 is 2.50 bits per heavy atom. The van der Waals surface area contributed by atoms with Crippen LogP contribution in [0.4, 0.5) is 10.1 Å². The number of anilines is 1. The highest BCUT2D eigenvalue weighted by Crippen LogP contribution is 2.45. The summed E-state index contributed by atoms with van der Waals surface area (Å²) in [5, 5.41) is 21.7. The fraction of sp³-hybridized carbons (Fsp3) is 0.379. The Balaban J connectivity index is 1.67. The van der Waals surface area contributed by atoms with Crippen molar-refractivity contribution in [2.45, 2.75) is 40.2 Å². The Bertz CT molecular complexity index is 1660. The van der Waals surface area contributed by atoms with Gasteiger partial charge in [0.05, 0.1) is 23.7 Å². The van der Waals surface area contributed by atoms with Gasteiger partial charge in [-0.2, -0.15) is 5.10 Å². The molecule has 0 spiro atoms. The fourth-order valence-electron chi connectivity index (χ4n) is 5.63. The second kappa shape index (κ2) is 10.8. The van der Waals surface area contributed by atoms with Gasteiger partial charge in [-0.05, 0) is 62.2 Å². The van der Waals surface area contributed by atoms with E-state index in [1.165, 1.54) is 0 Å². The summed E-state index contributed by atoms with van der Waals surface area (Å²) >= 11 is 0. The zero-order chi connectivity index (χ0) is 28.8. The largest absolute Gasteiger partial charge is 0.396 e. The van der Waals surface area contributed by atoms with Crippen molar-refractivity contribution in [3.63, 3.8) is 0 Å². The standard InChI is InChI=1S/C29H36FN6O3P/c1-6-40(39,14-13-37)25-8-7-21(17-24(25)31-5)34-11-12-35(29(34)38)28-26-20(4)32-10-9-23(26)33-36(28)22-15-18(2)27(30)19(3)16-22/h7-8,11-12,15-17,20,31-32,37H,6,9-10,13-14H2,1-5H3/t20-,40?/m0/s1. The van der Waals surface area contributed by atoms with Gasteiger partial charge >= 0.3 is 5.69 Å². The lowest BCUT2D eigenvalue weighted by Gasteiger charge is -2.21. The number of imidazole rings is 1. The predicted octanol–water partition coefficient (Wildman–Crippen LogP) is 3.82. The number of aliphatic hydroxyl groups is 1. The van der Waals surface area contributed by atoms with Crippen LogP contribution in [0.1, 0.15) is 42.3 Å². The quantitative estimate of drug-likeness (QED) is 0.280. The van der Waals surface area contributed by atoms with Crippen molar-refractivity contribution in [1.29, 1.82) is 0 Å². The molecular formula is C29H36FN6O3P. The maximum Gasteiger partial charge on any atom is 0.338 e. The van der Waals surface area contributed by atoms with Crippen molar-refractivity contribution in [3.05, 3.63) is 81.4 Å². The van der Waals surface area contributed by atoms with Gasteiger partial charge in [0.2, 0.25) is 0 Å². The van der Waals surface area contributed by atoms with Crippen molar-refractivity contribution in [3.8, 4) is 17.2 Å². The van der Waals surface area contributed by atoms with E-state index >= 15 is 0 Å². The van der Waals surface area contributed by atoms with Crippen LogP contribution in [0.25, 0.3) is 17.2 Å². The molecule has 3 N–H and O–H groups in total. The molecule has 1 aliphatic heterocycles. The van der Waals surface area contributed by atoms with E-state index in [0.717, 1.165) is 17.8 Å². The fourth-order valence-corrected chi connectivity index (χ4v) is 7.82. The normalized spacial score (nSPS) is 16.5. The summed E-state index contributed by atoms with van der Waals surface area (Å²) in [7, 11) is -1.04. The first-order valence-electron chi connectivity index (χ1n) is 13.6. The lowest BCUT2D eigenvalue weighted by atomic mass is 10.0. The van der Waals surface area contributed by atoms with Crippen LogP contribution in [0.15, 0.2) is 47.5 Å². The average Bonchev–Trinajstić information content (AvgIpc) is 3.52. The number of halogens is 1. The summed E-state index contributed by atoms with van der Waals surface area (Å²) < 4.78 is 32.9. The lowest BCUT2D eigenvalue weighted by molar-refractivity contribution is 0.319. The molecule has 0 aliphatic carbocycles. The van der Waals surface area contributed by atoms with E-state index in [-0.39, 0.29) is 30.3 Å². The van der Waals surface area contributed by atoms with Gasteiger partial charge in [-0.25, -0.2) is 13.9 Å². The number of aliphatic hydroxyl groups excluding tert-OH is 1. The third-order valence-corrected chi connectivity index (χ3v) is 11.0. The van der Waals surface area contributed by atoms with Crippen LogP contribution < -0.4 is 21.6 Å². The molecule has 0 fully saturated rings. The number of nitrogens with one attached hydrogen (secondary N) is 2. The first-order valence-corrected chi connectivity index (χ1v) is 15.7.